The average Bonchev–Trinajstić information content (AvgIpc) is 2.27. The van der Waals surface area contributed by atoms with Gasteiger partial charge in [0.15, 0.2) is 11.6 Å². The SMILES string of the molecule is CC(C)C(=O)c1ccc(O)c(C(=O)C(C)C)c1. The first kappa shape index (κ1) is 13.4. The summed E-state index contributed by atoms with van der Waals surface area (Å²) in [4.78, 5) is 23.6. The maximum atomic E-state index is 11.8. The number of carbonyl (C=O) groups is 2. The quantitative estimate of drug-likeness (QED) is 0.814. The molecule has 0 spiro atoms. The van der Waals surface area contributed by atoms with Gasteiger partial charge in [0.1, 0.15) is 5.75 Å². The zero-order valence-electron chi connectivity index (χ0n) is 10.7. The number of rotatable bonds is 4. The van der Waals surface area contributed by atoms with Crippen LogP contribution >= 0.6 is 0 Å². The molecule has 0 amide bonds. The molecule has 17 heavy (non-hydrogen) atoms. The third kappa shape index (κ3) is 2.93. The predicted octanol–water partition coefficient (Wildman–Crippen LogP) is 3.07. The zero-order valence-corrected chi connectivity index (χ0v) is 10.7. The average molecular weight is 234 g/mol. The molecule has 0 bridgehead atoms. The van der Waals surface area contributed by atoms with Crippen LogP contribution in [0.2, 0.25) is 0 Å². The summed E-state index contributed by atoms with van der Waals surface area (Å²) in [5.41, 5.74) is 0.702. The van der Waals surface area contributed by atoms with E-state index >= 15 is 0 Å². The van der Waals surface area contributed by atoms with Crippen LogP contribution in [0.3, 0.4) is 0 Å². The first-order valence-electron chi connectivity index (χ1n) is 5.76. The molecule has 0 aliphatic carbocycles. The Bertz CT molecular complexity index is 445. The van der Waals surface area contributed by atoms with Gasteiger partial charge in [-0.1, -0.05) is 27.7 Å². The number of ketones is 2. The van der Waals surface area contributed by atoms with E-state index in [1.165, 1.54) is 12.1 Å². The Morgan fingerprint density at radius 3 is 2.00 bits per heavy atom. The van der Waals surface area contributed by atoms with Crippen molar-refractivity contribution in [2.24, 2.45) is 11.8 Å². The number of hydrogen-bond acceptors (Lipinski definition) is 3. The third-order valence-electron chi connectivity index (χ3n) is 2.60. The zero-order chi connectivity index (χ0) is 13.2. The van der Waals surface area contributed by atoms with Crippen LogP contribution in [-0.4, -0.2) is 16.7 Å². The van der Waals surface area contributed by atoms with E-state index in [2.05, 4.69) is 0 Å². The van der Waals surface area contributed by atoms with Crippen molar-refractivity contribution in [1.82, 2.24) is 0 Å². The second-order valence-electron chi connectivity index (χ2n) is 4.77. The minimum absolute atomic E-state index is 0.0252. The Labute approximate surface area is 101 Å². The summed E-state index contributed by atoms with van der Waals surface area (Å²) in [5.74, 6) is -0.570. The van der Waals surface area contributed by atoms with Gasteiger partial charge in [0.25, 0.3) is 0 Å². The number of benzene rings is 1. The maximum Gasteiger partial charge on any atom is 0.169 e. The van der Waals surface area contributed by atoms with E-state index in [1.54, 1.807) is 33.8 Å². The van der Waals surface area contributed by atoms with Gasteiger partial charge in [0.2, 0.25) is 0 Å². The van der Waals surface area contributed by atoms with Crippen molar-refractivity contribution in [3.05, 3.63) is 29.3 Å². The second kappa shape index (κ2) is 5.13. The Kier molecular flexibility index (Phi) is 4.05. The van der Waals surface area contributed by atoms with Gasteiger partial charge in [-0.2, -0.15) is 0 Å². The molecule has 0 radical (unpaired) electrons. The molecule has 0 aliphatic heterocycles. The number of phenolic OH excluding ortho intramolecular Hbond substituents is 1. The van der Waals surface area contributed by atoms with Crippen LogP contribution in [0.4, 0.5) is 0 Å². The van der Waals surface area contributed by atoms with Crippen LogP contribution in [0, 0.1) is 11.8 Å². The van der Waals surface area contributed by atoms with Crippen LogP contribution in [0.15, 0.2) is 18.2 Å². The molecular weight excluding hydrogens is 216 g/mol. The van der Waals surface area contributed by atoms with Gasteiger partial charge in [-0.3, -0.25) is 9.59 Å². The van der Waals surface area contributed by atoms with Gasteiger partial charge in [-0.25, -0.2) is 0 Å². The predicted molar refractivity (Wildman–Crippen MR) is 66.4 cm³/mol. The minimum Gasteiger partial charge on any atom is -0.507 e. The lowest BCUT2D eigenvalue weighted by molar-refractivity contribution is 0.0936. The smallest absolute Gasteiger partial charge is 0.169 e. The second-order valence-corrected chi connectivity index (χ2v) is 4.77. The summed E-state index contributed by atoms with van der Waals surface area (Å²) in [6.07, 6.45) is 0. The molecule has 92 valence electrons. The highest BCUT2D eigenvalue weighted by Gasteiger charge is 2.18. The van der Waals surface area contributed by atoms with E-state index in [9.17, 15) is 14.7 Å². The van der Waals surface area contributed by atoms with Crippen molar-refractivity contribution in [1.29, 1.82) is 0 Å². The summed E-state index contributed by atoms with van der Waals surface area (Å²) in [7, 11) is 0. The number of hydrogen-bond donors (Lipinski definition) is 1. The van der Waals surface area contributed by atoms with E-state index in [4.69, 9.17) is 0 Å². The highest BCUT2D eigenvalue weighted by Crippen LogP contribution is 2.23. The lowest BCUT2D eigenvalue weighted by Gasteiger charge is -2.10. The normalized spacial score (nSPS) is 10.9. The Hall–Kier alpha value is -1.64. The van der Waals surface area contributed by atoms with E-state index in [1.807, 2.05) is 0 Å². The molecule has 0 saturated carbocycles. The fraction of sp³-hybridized carbons (Fsp3) is 0.429. The van der Waals surface area contributed by atoms with E-state index in [-0.39, 0.29) is 34.7 Å². The van der Waals surface area contributed by atoms with Crippen LogP contribution in [0.5, 0.6) is 5.75 Å². The maximum absolute atomic E-state index is 11.8. The van der Waals surface area contributed by atoms with Crippen molar-refractivity contribution < 1.29 is 14.7 Å². The molecule has 3 nitrogen and oxygen atoms in total. The van der Waals surface area contributed by atoms with Gasteiger partial charge in [0.05, 0.1) is 5.56 Å². The topological polar surface area (TPSA) is 54.4 Å². The van der Waals surface area contributed by atoms with E-state index < -0.39 is 0 Å². The highest BCUT2D eigenvalue weighted by atomic mass is 16.3. The minimum atomic E-state index is -0.203. The fourth-order valence-corrected chi connectivity index (χ4v) is 1.53. The standard InChI is InChI=1S/C14H18O3/c1-8(2)13(16)10-5-6-12(15)11(7-10)14(17)9(3)4/h5-9,15H,1-4H3. The van der Waals surface area contributed by atoms with Gasteiger partial charge >= 0.3 is 0 Å². The molecule has 0 unspecified atom stereocenters. The molecular formula is C14H18O3. The molecule has 0 fully saturated rings. The van der Waals surface area contributed by atoms with Crippen molar-refractivity contribution >= 4 is 11.6 Å². The summed E-state index contributed by atoms with van der Waals surface area (Å²) in [5, 5.41) is 9.64. The summed E-state index contributed by atoms with van der Waals surface area (Å²) >= 11 is 0. The monoisotopic (exact) mass is 234 g/mol. The molecule has 0 atom stereocenters. The number of Topliss-reactive ketones (excluding diaryl/α,β-unsaturated/α-hetero) is 2. The lowest BCUT2D eigenvalue weighted by Crippen LogP contribution is -2.11. The van der Waals surface area contributed by atoms with Crippen LogP contribution < -0.4 is 0 Å². The number of phenols is 1. The number of carbonyl (C=O) groups excluding carboxylic acids is 2. The molecule has 0 heterocycles. The first-order chi connectivity index (χ1) is 7.84. The molecule has 1 aromatic carbocycles. The molecule has 0 aromatic heterocycles. The van der Waals surface area contributed by atoms with Crippen LogP contribution in [0.25, 0.3) is 0 Å². The van der Waals surface area contributed by atoms with Crippen molar-refractivity contribution in [2.45, 2.75) is 27.7 Å². The lowest BCUT2D eigenvalue weighted by atomic mass is 9.94. The van der Waals surface area contributed by atoms with Crippen molar-refractivity contribution in [3.8, 4) is 5.75 Å². The van der Waals surface area contributed by atoms with Gasteiger partial charge in [-0.15, -0.1) is 0 Å². The molecule has 1 aromatic rings. The van der Waals surface area contributed by atoms with Crippen LogP contribution in [-0.2, 0) is 0 Å². The Morgan fingerprint density at radius 2 is 1.53 bits per heavy atom. The van der Waals surface area contributed by atoms with Crippen LogP contribution in [0.1, 0.15) is 48.4 Å². The molecule has 3 heteroatoms. The Balaban J connectivity index is 3.20. The molecule has 1 N–H and O–H groups in total. The van der Waals surface area contributed by atoms with Gasteiger partial charge < -0.3 is 5.11 Å². The van der Waals surface area contributed by atoms with Crippen molar-refractivity contribution in [2.75, 3.05) is 0 Å². The molecule has 1 rings (SSSR count). The fourth-order valence-electron chi connectivity index (χ4n) is 1.53. The summed E-state index contributed by atoms with van der Waals surface area (Å²) < 4.78 is 0. The molecule has 0 aliphatic rings. The van der Waals surface area contributed by atoms with Gasteiger partial charge in [0, 0.05) is 17.4 Å². The third-order valence-corrected chi connectivity index (χ3v) is 2.60. The highest BCUT2D eigenvalue weighted by molar-refractivity contribution is 6.04. The Morgan fingerprint density at radius 1 is 1.00 bits per heavy atom. The van der Waals surface area contributed by atoms with Gasteiger partial charge in [-0.05, 0) is 18.2 Å². The summed E-state index contributed by atoms with van der Waals surface area (Å²) in [6.45, 7) is 7.13. The molecule has 0 saturated heterocycles. The largest absolute Gasteiger partial charge is 0.507 e. The first-order valence-corrected chi connectivity index (χ1v) is 5.76. The summed E-state index contributed by atoms with van der Waals surface area (Å²) in [6, 6.07) is 4.44. The number of aromatic hydroxyl groups is 1. The van der Waals surface area contributed by atoms with Crippen molar-refractivity contribution in [3.63, 3.8) is 0 Å². The van der Waals surface area contributed by atoms with E-state index in [0.717, 1.165) is 0 Å². The van der Waals surface area contributed by atoms with E-state index in [0.29, 0.717) is 5.56 Å².